The highest BCUT2D eigenvalue weighted by Gasteiger charge is 2.22. The summed E-state index contributed by atoms with van der Waals surface area (Å²) in [7, 11) is 4.25. The Morgan fingerprint density at radius 2 is 1.73 bits per heavy atom. The first-order valence-corrected chi connectivity index (χ1v) is 11.4. The molecule has 0 bridgehead atoms. The summed E-state index contributed by atoms with van der Waals surface area (Å²) in [5.74, 6) is 2.99. The van der Waals surface area contributed by atoms with E-state index in [0.29, 0.717) is 18.3 Å². The van der Waals surface area contributed by atoms with Crippen molar-refractivity contribution in [1.82, 2.24) is 10.6 Å². The molecule has 1 heterocycles. The maximum absolute atomic E-state index is 12.2. The zero-order chi connectivity index (χ0) is 21.4. The van der Waals surface area contributed by atoms with Crippen molar-refractivity contribution < 1.29 is 13.7 Å². The molecule has 0 amide bonds. The van der Waals surface area contributed by atoms with E-state index in [2.05, 4.69) is 20.5 Å². The predicted octanol–water partition coefficient (Wildman–Crippen LogP) is 3.00. The van der Waals surface area contributed by atoms with Crippen molar-refractivity contribution in [3.8, 4) is 11.5 Å². The van der Waals surface area contributed by atoms with Crippen molar-refractivity contribution in [2.45, 2.75) is 44.4 Å². The number of rotatable bonds is 7. The molecular formula is C21H37IN4O3S. The monoisotopic (exact) mass is 552 g/mol. The number of methoxy groups -OCH3 is 2. The minimum Gasteiger partial charge on any atom is -0.497 e. The first-order chi connectivity index (χ1) is 13.8. The third kappa shape index (κ3) is 8.13. The van der Waals surface area contributed by atoms with E-state index in [1.165, 1.54) is 0 Å². The minimum atomic E-state index is -0.867. The molecule has 1 unspecified atom stereocenters. The van der Waals surface area contributed by atoms with E-state index in [1.807, 2.05) is 39.0 Å². The van der Waals surface area contributed by atoms with Gasteiger partial charge in [0.05, 0.1) is 14.2 Å². The SMILES string of the molecule is CN=C(NCCS(=O)C(C)(C)C)NC1CCN(c2cc(OC)cc(OC)c2)CC1.I. The van der Waals surface area contributed by atoms with Crippen LogP contribution in [0.5, 0.6) is 11.5 Å². The smallest absolute Gasteiger partial charge is 0.191 e. The molecule has 2 rings (SSSR count). The molecule has 1 saturated heterocycles. The molecule has 0 radical (unpaired) electrons. The highest BCUT2D eigenvalue weighted by Crippen LogP contribution is 2.30. The average molecular weight is 553 g/mol. The largest absolute Gasteiger partial charge is 0.497 e. The normalized spacial score (nSPS) is 16.5. The van der Waals surface area contributed by atoms with Gasteiger partial charge in [0.15, 0.2) is 5.96 Å². The van der Waals surface area contributed by atoms with Gasteiger partial charge < -0.3 is 25.0 Å². The van der Waals surface area contributed by atoms with Gasteiger partial charge in [-0.3, -0.25) is 9.20 Å². The Morgan fingerprint density at radius 3 is 2.20 bits per heavy atom. The third-order valence-electron chi connectivity index (χ3n) is 5.02. The zero-order valence-electron chi connectivity index (χ0n) is 19.0. The molecular weight excluding hydrogens is 515 g/mol. The van der Waals surface area contributed by atoms with Crippen LogP contribution in [-0.4, -0.2) is 67.6 Å². The van der Waals surface area contributed by atoms with E-state index in [1.54, 1.807) is 21.3 Å². The second-order valence-corrected chi connectivity index (χ2v) is 10.5. The molecule has 1 aromatic carbocycles. The predicted molar refractivity (Wildman–Crippen MR) is 137 cm³/mol. The molecule has 1 aliphatic heterocycles. The Bertz CT molecular complexity index is 694. The summed E-state index contributed by atoms with van der Waals surface area (Å²) in [6.07, 6.45) is 2.02. The van der Waals surface area contributed by atoms with Crippen molar-refractivity contribution in [2.75, 3.05) is 51.6 Å². The Labute approximate surface area is 200 Å². The molecule has 1 atom stereocenters. The summed E-state index contributed by atoms with van der Waals surface area (Å²) in [6.45, 7) is 8.54. The first-order valence-electron chi connectivity index (χ1n) is 10.1. The van der Waals surface area contributed by atoms with Crippen LogP contribution in [0.4, 0.5) is 5.69 Å². The lowest BCUT2D eigenvalue weighted by atomic mass is 10.0. The van der Waals surface area contributed by atoms with Crippen molar-refractivity contribution >= 4 is 46.4 Å². The standard InChI is InChI=1S/C21H36N4O3S.HI/c1-21(2,3)29(26)12-9-23-20(22-4)24-16-7-10-25(11-8-16)17-13-18(27-5)15-19(14-17)28-6;/h13-16H,7-12H2,1-6H3,(H2,22,23,24);1H. The van der Waals surface area contributed by atoms with Gasteiger partial charge in [-0.15, -0.1) is 24.0 Å². The van der Waals surface area contributed by atoms with E-state index in [0.717, 1.165) is 49.1 Å². The van der Waals surface area contributed by atoms with Crippen LogP contribution in [0.15, 0.2) is 23.2 Å². The van der Waals surface area contributed by atoms with Gasteiger partial charge in [-0.2, -0.15) is 0 Å². The van der Waals surface area contributed by atoms with Gasteiger partial charge >= 0.3 is 0 Å². The number of nitrogens with zero attached hydrogens (tertiary/aromatic N) is 2. The molecule has 0 saturated carbocycles. The molecule has 1 aromatic rings. The summed E-state index contributed by atoms with van der Waals surface area (Å²) in [5, 5.41) is 6.79. The maximum atomic E-state index is 12.2. The number of hydrogen-bond acceptors (Lipinski definition) is 5. The van der Waals surface area contributed by atoms with Crippen LogP contribution in [0.25, 0.3) is 0 Å². The van der Waals surface area contributed by atoms with Crippen LogP contribution >= 0.6 is 24.0 Å². The van der Waals surface area contributed by atoms with Gasteiger partial charge in [-0.05, 0) is 33.6 Å². The summed E-state index contributed by atoms with van der Waals surface area (Å²) in [6, 6.07) is 6.34. The van der Waals surface area contributed by atoms with Gasteiger partial charge in [-0.25, -0.2) is 0 Å². The second-order valence-electron chi connectivity index (χ2n) is 8.14. The Kier molecular flexibility index (Phi) is 11.2. The van der Waals surface area contributed by atoms with E-state index >= 15 is 0 Å². The molecule has 7 nitrogen and oxygen atoms in total. The van der Waals surface area contributed by atoms with E-state index < -0.39 is 10.8 Å². The molecule has 2 N–H and O–H groups in total. The van der Waals surface area contributed by atoms with Crippen LogP contribution in [-0.2, 0) is 10.8 Å². The van der Waals surface area contributed by atoms with Crippen molar-refractivity contribution in [2.24, 2.45) is 4.99 Å². The van der Waals surface area contributed by atoms with E-state index in [9.17, 15) is 4.21 Å². The van der Waals surface area contributed by atoms with Crippen LogP contribution in [0.1, 0.15) is 33.6 Å². The second kappa shape index (κ2) is 12.6. The Morgan fingerprint density at radius 1 is 1.17 bits per heavy atom. The molecule has 0 aromatic heterocycles. The molecule has 172 valence electrons. The van der Waals surface area contributed by atoms with Crippen molar-refractivity contribution in [3.05, 3.63) is 18.2 Å². The van der Waals surface area contributed by atoms with Crippen LogP contribution < -0.4 is 25.0 Å². The van der Waals surface area contributed by atoms with Crippen LogP contribution in [0.3, 0.4) is 0 Å². The van der Waals surface area contributed by atoms with Gasteiger partial charge in [0.25, 0.3) is 0 Å². The highest BCUT2D eigenvalue weighted by atomic mass is 127. The molecule has 30 heavy (non-hydrogen) atoms. The summed E-state index contributed by atoms with van der Waals surface area (Å²) in [4.78, 5) is 6.67. The fourth-order valence-electron chi connectivity index (χ4n) is 3.21. The van der Waals surface area contributed by atoms with Crippen molar-refractivity contribution in [3.63, 3.8) is 0 Å². The number of ether oxygens (including phenoxy) is 2. The van der Waals surface area contributed by atoms with Crippen LogP contribution in [0, 0.1) is 0 Å². The number of halogens is 1. The van der Waals surface area contributed by atoms with E-state index in [-0.39, 0.29) is 28.7 Å². The minimum absolute atomic E-state index is 0. The number of anilines is 1. The number of aliphatic imine (C=N–C) groups is 1. The Hall–Kier alpha value is -1.23. The van der Waals surface area contributed by atoms with E-state index in [4.69, 9.17) is 9.47 Å². The van der Waals surface area contributed by atoms with Gasteiger partial charge in [0.2, 0.25) is 0 Å². The zero-order valence-corrected chi connectivity index (χ0v) is 22.1. The lowest BCUT2D eigenvalue weighted by Crippen LogP contribution is -2.49. The fraction of sp³-hybridized carbons (Fsp3) is 0.667. The maximum Gasteiger partial charge on any atom is 0.191 e. The topological polar surface area (TPSA) is 75.2 Å². The number of hydrogen-bond donors (Lipinski definition) is 2. The first kappa shape index (κ1) is 26.8. The van der Waals surface area contributed by atoms with Gasteiger partial charge in [-0.1, -0.05) is 0 Å². The lowest BCUT2D eigenvalue weighted by Gasteiger charge is -2.34. The molecule has 9 heteroatoms. The van der Waals surface area contributed by atoms with Gasteiger partial charge in [0, 0.05) is 77.9 Å². The van der Waals surface area contributed by atoms with Gasteiger partial charge in [0.1, 0.15) is 11.5 Å². The molecule has 1 fully saturated rings. The number of nitrogens with one attached hydrogen (secondary N) is 2. The molecule has 0 aliphatic carbocycles. The van der Waals surface area contributed by atoms with Crippen molar-refractivity contribution in [1.29, 1.82) is 0 Å². The fourth-order valence-corrected chi connectivity index (χ4v) is 4.11. The van der Waals surface area contributed by atoms with Crippen LogP contribution in [0.2, 0.25) is 0 Å². The average Bonchev–Trinajstić information content (AvgIpc) is 2.72. The number of benzene rings is 1. The lowest BCUT2D eigenvalue weighted by molar-refractivity contribution is 0.393. The quantitative estimate of drug-likeness (QED) is 0.308. The summed E-state index contributed by atoms with van der Waals surface area (Å²) < 4.78 is 22.8. The highest BCUT2D eigenvalue weighted by molar-refractivity contribution is 14.0. The molecule has 1 aliphatic rings. The summed E-state index contributed by atoms with van der Waals surface area (Å²) in [5.41, 5.74) is 1.12. The third-order valence-corrected chi connectivity index (χ3v) is 6.96. The Balaban J connectivity index is 0.00000450. The number of piperidine rings is 1. The molecule has 0 spiro atoms. The summed E-state index contributed by atoms with van der Waals surface area (Å²) >= 11 is 0. The number of guanidine groups is 1.